The molecule has 10 nitrogen and oxygen atoms in total. The van der Waals surface area contributed by atoms with Crippen molar-refractivity contribution in [1.29, 1.82) is 0 Å². The molecule has 0 saturated carbocycles. The van der Waals surface area contributed by atoms with E-state index in [-0.39, 0.29) is 12.5 Å². The Morgan fingerprint density at radius 2 is 1.34 bits per heavy atom. The van der Waals surface area contributed by atoms with E-state index in [0.717, 1.165) is 0 Å². The largest absolute Gasteiger partial charge is 0.497 e. The molecule has 0 radical (unpaired) electrons. The summed E-state index contributed by atoms with van der Waals surface area (Å²) in [6.45, 7) is -0.243. The first-order valence-corrected chi connectivity index (χ1v) is 10.4. The average molecular weight is 476 g/mol. The van der Waals surface area contributed by atoms with Gasteiger partial charge in [-0.15, -0.1) is 0 Å². The normalized spacial score (nSPS) is 10.3. The Labute approximate surface area is 201 Å². The van der Waals surface area contributed by atoms with Crippen molar-refractivity contribution in [3.63, 3.8) is 0 Å². The van der Waals surface area contributed by atoms with Gasteiger partial charge in [0.15, 0.2) is 6.61 Å². The molecule has 0 spiro atoms. The second kappa shape index (κ2) is 12.4. The minimum atomic E-state index is -0.950. The van der Waals surface area contributed by atoms with Crippen LogP contribution in [-0.2, 0) is 14.4 Å². The quantitative estimate of drug-likeness (QED) is 0.248. The van der Waals surface area contributed by atoms with Gasteiger partial charge in [-0.2, -0.15) is 5.10 Å². The maximum absolute atomic E-state index is 12.2. The van der Waals surface area contributed by atoms with E-state index >= 15 is 0 Å². The number of hydrazone groups is 1. The van der Waals surface area contributed by atoms with Crippen LogP contribution in [0.4, 0.5) is 11.4 Å². The zero-order chi connectivity index (χ0) is 25.0. The molecule has 0 heterocycles. The highest BCUT2D eigenvalue weighted by atomic mass is 16.5. The monoisotopic (exact) mass is 476 g/mol. The lowest BCUT2D eigenvalue weighted by atomic mass is 10.2. The number of ether oxygens (including phenoxy) is 3. The van der Waals surface area contributed by atoms with Gasteiger partial charge in [0.2, 0.25) is 0 Å². The van der Waals surface area contributed by atoms with E-state index in [1.165, 1.54) is 13.3 Å². The van der Waals surface area contributed by atoms with Gasteiger partial charge in [0.1, 0.15) is 17.2 Å². The zero-order valence-corrected chi connectivity index (χ0v) is 19.1. The van der Waals surface area contributed by atoms with Gasteiger partial charge >= 0.3 is 11.8 Å². The van der Waals surface area contributed by atoms with Crippen LogP contribution in [0, 0.1) is 0 Å². The minimum absolute atomic E-state index is 0.243. The van der Waals surface area contributed by atoms with E-state index in [2.05, 4.69) is 21.2 Å². The van der Waals surface area contributed by atoms with E-state index in [1.807, 2.05) is 0 Å². The van der Waals surface area contributed by atoms with Crippen LogP contribution in [-0.4, -0.2) is 44.8 Å². The number of para-hydroxylation sites is 1. The van der Waals surface area contributed by atoms with E-state index in [1.54, 1.807) is 79.9 Å². The van der Waals surface area contributed by atoms with Gasteiger partial charge in [0.05, 0.1) is 20.4 Å². The molecule has 0 saturated heterocycles. The lowest BCUT2D eigenvalue weighted by molar-refractivity contribution is -0.136. The predicted octanol–water partition coefficient (Wildman–Crippen LogP) is 2.81. The van der Waals surface area contributed by atoms with Crippen LogP contribution >= 0.6 is 0 Å². The Bertz CT molecular complexity index is 1190. The molecule has 3 aromatic rings. The second-order valence-electron chi connectivity index (χ2n) is 6.98. The highest BCUT2D eigenvalue weighted by Gasteiger charge is 2.13. The Hall–Kier alpha value is -4.86. The third-order valence-electron chi connectivity index (χ3n) is 4.58. The number of carbonyl (C=O) groups excluding carboxylic acids is 3. The number of benzene rings is 3. The summed E-state index contributed by atoms with van der Waals surface area (Å²) in [5.41, 5.74) is 3.69. The van der Waals surface area contributed by atoms with Crippen LogP contribution in [0.5, 0.6) is 17.2 Å². The molecule has 0 atom stereocenters. The zero-order valence-electron chi connectivity index (χ0n) is 19.1. The van der Waals surface area contributed by atoms with Gasteiger partial charge in [-0.05, 0) is 60.7 Å². The van der Waals surface area contributed by atoms with Crippen LogP contribution in [0.1, 0.15) is 5.56 Å². The fourth-order valence-corrected chi connectivity index (χ4v) is 2.81. The van der Waals surface area contributed by atoms with Crippen LogP contribution in [0.2, 0.25) is 0 Å². The highest BCUT2D eigenvalue weighted by molar-refractivity contribution is 6.39. The molecule has 3 aromatic carbocycles. The Morgan fingerprint density at radius 1 is 0.771 bits per heavy atom. The molecular formula is C25H24N4O6. The number of anilines is 2. The fourth-order valence-electron chi connectivity index (χ4n) is 2.81. The molecule has 0 aliphatic heterocycles. The summed E-state index contributed by atoms with van der Waals surface area (Å²) in [6, 6.07) is 20.2. The summed E-state index contributed by atoms with van der Waals surface area (Å²) in [7, 11) is 3.09. The molecule has 10 heteroatoms. The fraction of sp³-hybridized carbons (Fsp3) is 0.120. The number of nitrogens with one attached hydrogen (secondary N) is 3. The number of hydrogen-bond acceptors (Lipinski definition) is 7. The lowest BCUT2D eigenvalue weighted by Gasteiger charge is -2.10. The summed E-state index contributed by atoms with van der Waals surface area (Å²) >= 11 is 0. The van der Waals surface area contributed by atoms with Crippen molar-refractivity contribution in [2.45, 2.75) is 0 Å². The van der Waals surface area contributed by atoms with Crippen molar-refractivity contribution in [3.05, 3.63) is 78.4 Å². The van der Waals surface area contributed by atoms with Crippen molar-refractivity contribution < 1.29 is 28.6 Å². The van der Waals surface area contributed by atoms with Crippen LogP contribution in [0.25, 0.3) is 0 Å². The summed E-state index contributed by atoms with van der Waals surface area (Å²) in [6.07, 6.45) is 1.31. The van der Waals surface area contributed by atoms with Gasteiger partial charge in [0.25, 0.3) is 5.91 Å². The molecule has 0 aliphatic carbocycles. The van der Waals surface area contributed by atoms with Crippen molar-refractivity contribution in [1.82, 2.24) is 5.43 Å². The predicted molar refractivity (Wildman–Crippen MR) is 131 cm³/mol. The third-order valence-corrected chi connectivity index (χ3v) is 4.58. The number of amides is 3. The third kappa shape index (κ3) is 7.60. The van der Waals surface area contributed by atoms with Crippen LogP contribution in [0.3, 0.4) is 0 Å². The number of carbonyl (C=O) groups is 3. The first-order valence-electron chi connectivity index (χ1n) is 10.4. The van der Waals surface area contributed by atoms with Crippen molar-refractivity contribution in [2.75, 3.05) is 31.5 Å². The molecule has 0 aromatic heterocycles. The maximum Gasteiger partial charge on any atom is 0.329 e. The maximum atomic E-state index is 12.2. The average Bonchev–Trinajstić information content (AvgIpc) is 2.89. The van der Waals surface area contributed by atoms with Gasteiger partial charge in [-0.25, -0.2) is 5.43 Å². The molecule has 3 amide bonds. The molecule has 0 aliphatic rings. The summed E-state index contributed by atoms with van der Waals surface area (Å²) in [5.74, 6) is -0.515. The number of hydrogen-bond donors (Lipinski definition) is 3. The molecule has 0 unspecified atom stereocenters. The smallest absolute Gasteiger partial charge is 0.329 e. The highest BCUT2D eigenvalue weighted by Crippen LogP contribution is 2.17. The molecule has 0 fully saturated rings. The summed E-state index contributed by atoms with van der Waals surface area (Å²) in [5, 5.41) is 8.98. The first kappa shape index (κ1) is 24.8. The SMILES string of the molecule is COc1ccc(NC(=O)COc2ccccc2/C=N\NC(=O)C(=O)Nc2ccc(OC)cc2)cc1. The van der Waals surface area contributed by atoms with E-state index < -0.39 is 11.8 Å². The van der Waals surface area contributed by atoms with Gasteiger partial charge in [-0.3, -0.25) is 14.4 Å². The van der Waals surface area contributed by atoms with E-state index in [0.29, 0.717) is 34.2 Å². The van der Waals surface area contributed by atoms with Crippen molar-refractivity contribution in [3.8, 4) is 17.2 Å². The Balaban J connectivity index is 1.51. The van der Waals surface area contributed by atoms with Crippen molar-refractivity contribution >= 4 is 35.3 Å². The molecule has 180 valence electrons. The molecule has 3 N–H and O–H groups in total. The van der Waals surface area contributed by atoms with E-state index in [4.69, 9.17) is 14.2 Å². The number of rotatable bonds is 9. The lowest BCUT2D eigenvalue weighted by Crippen LogP contribution is -2.32. The van der Waals surface area contributed by atoms with Gasteiger partial charge in [-0.1, -0.05) is 12.1 Å². The topological polar surface area (TPSA) is 127 Å². The van der Waals surface area contributed by atoms with Gasteiger partial charge in [0, 0.05) is 16.9 Å². The molecule has 35 heavy (non-hydrogen) atoms. The standard InChI is InChI=1S/C25H24N4O6/c1-33-20-11-7-18(8-12-20)27-23(30)16-35-22-6-4-3-5-17(22)15-26-29-25(32)24(31)28-19-9-13-21(34-2)14-10-19/h3-15H,16H2,1-2H3,(H,27,30)(H,28,31)(H,29,32)/b26-15-. The second-order valence-corrected chi connectivity index (χ2v) is 6.98. The number of methoxy groups -OCH3 is 2. The minimum Gasteiger partial charge on any atom is -0.497 e. The van der Waals surface area contributed by atoms with Crippen molar-refractivity contribution in [2.24, 2.45) is 5.10 Å². The summed E-state index contributed by atoms with van der Waals surface area (Å²) in [4.78, 5) is 36.3. The number of nitrogens with zero attached hydrogens (tertiary/aromatic N) is 1. The van der Waals surface area contributed by atoms with E-state index in [9.17, 15) is 14.4 Å². The Morgan fingerprint density at radius 3 is 1.94 bits per heavy atom. The molecule has 3 rings (SSSR count). The van der Waals surface area contributed by atoms with Crippen LogP contribution in [0.15, 0.2) is 77.9 Å². The van der Waals surface area contributed by atoms with Gasteiger partial charge < -0.3 is 24.8 Å². The van der Waals surface area contributed by atoms with Crippen LogP contribution < -0.4 is 30.3 Å². The molecule has 0 bridgehead atoms. The first-order chi connectivity index (χ1) is 17.0. The molecular weight excluding hydrogens is 452 g/mol. The Kier molecular flexibility index (Phi) is 8.78. The summed E-state index contributed by atoms with van der Waals surface area (Å²) < 4.78 is 15.7.